The van der Waals surface area contributed by atoms with Crippen LogP contribution in [0.3, 0.4) is 0 Å². The minimum atomic E-state index is -1.75. The van der Waals surface area contributed by atoms with E-state index in [4.69, 9.17) is 48.5 Å². The van der Waals surface area contributed by atoms with E-state index >= 15 is 0 Å². The number of esters is 2. The summed E-state index contributed by atoms with van der Waals surface area (Å²) in [5.74, 6) is -0.289. The van der Waals surface area contributed by atoms with Gasteiger partial charge >= 0.3 is 54.0 Å². The molecule has 0 spiro atoms. The zero-order valence-corrected chi connectivity index (χ0v) is 27.3. The summed E-state index contributed by atoms with van der Waals surface area (Å²) in [4.78, 5) is 38.7. The van der Waals surface area contributed by atoms with Gasteiger partial charge in [-0.05, 0) is 69.5 Å². The standard InChI is InChI=1S/C30H31N3O4.3ClH.Ru/c1-6-36-29(34)21-10-11-31-25(14-21)27-16-23(30(35)37-7-2)15-26(33-27)24-9-8-22(17-32-24)28-19(4)12-18(3)13-20(28)5;;;;/h8-17,19,28H,6-7H2,1-5H3;3*1H;/q;;;;+3/p-3. The van der Waals surface area contributed by atoms with Crippen LogP contribution < -0.4 is 0 Å². The van der Waals surface area contributed by atoms with E-state index in [1.165, 1.54) is 17.3 Å². The first-order chi connectivity index (χ1) is 19.5. The van der Waals surface area contributed by atoms with E-state index in [0.29, 0.717) is 39.8 Å². The zero-order chi connectivity index (χ0) is 30.1. The number of hydrogen-bond acceptors (Lipinski definition) is 7. The number of ether oxygens (including phenoxy) is 2. The molecule has 0 aromatic carbocycles. The molecule has 0 saturated heterocycles. The zero-order valence-electron chi connectivity index (χ0n) is 23.3. The Morgan fingerprint density at radius 2 is 1.44 bits per heavy atom. The van der Waals surface area contributed by atoms with Gasteiger partial charge in [0.2, 0.25) is 0 Å². The normalized spacial score (nSPS) is 16.4. The van der Waals surface area contributed by atoms with Crippen molar-refractivity contribution in [2.24, 2.45) is 5.92 Å². The third kappa shape index (κ3) is 9.17. The molecule has 7 nitrogen and oxygen atoms in total. The summed E-state index contributed by atoms with van der Waals surface area (Å²) in [6, 6.07) is 10.4. The number of nitrogens with zero attached hydrogens (tertiary/aromatic N) is 3. The van der Waals surface area contributed by atoms with Crippen LogP contribution >= 0.6 is 29.1 Å². The maximum atomic E-state index is 12.7. The van der Waals surface area contributed by atoms with Gasteiger partial charge in [0, 0.05) is 18.3 Å². The average Bonchev–Trinajstić information content (AvgIpc) is 2.93. The van der Waals surface area contributed by atoms with Crippen molar-refractivity contribution in [3.05, 3.63) is 88.8 Å². The summed E-state index contributed by atoms with van der Waals surface area (Å²) in [5.41, 5.74) is 6.39. The van der Waals surface area contributed by atoms with Crippen molar-refractivity contribution < 1.29 is 32.0 Å². The molecule has 0 radical (unpaired) electrons. The van der Waals surface area contributed by atoms with Gasteiger partial charge in [0.25, 0.3) is 0 Å². The first-order valence-electron chi connectivity index (χ1n) is 12.9. The summed E-state index contributed by atoms with van der Waals surface area (Å²) >= 11 is -1.75. The third-order valence-electron chi connectivity index (χ3n) is 6.28. The van der Waals surface area contributed by atoms with Crippen molar-refractivity contribution in [2.45, 2.75) is 40.5 Å². The Balaban J connectivity index is 0.00000108. The fourth-order valence-electron chi connectivity index (χ4n) is 4.77. The number of carbonyl (C=O) groups excluding carboxylic acids is 2. The Morgan fingerprint density at radius 3 is 2.00 bits per heavy atom. The number of carbonyl (C=O) groups is 2. The van der Waals surface area contributed by atoms with E-state index in [-0.39, 0.29) is 19.1 Å². The molecule has 2 unspecified atom stereocenters. The van der Waals surface area contributed by atoms with E-state index in [2.05, 4.69) is 44.0 Å². The first kappa shape index (κ1) is 32.9. The van der Waals surface area contributed by atoms with Crippen molar-refractivity contribution in [1.82, 2.24) is 15.0 Å². The molecule has 3 aromatic rings. The number of pyridine rings is 3. The summed E-state index contributed by atoms with van der Waals surface area (Å²) < 4.78 is 10.4. The van der Waals surface area contributed by atoms with E-state index in [0.717, 1.165) is 5.56 Å². The Hall–Kier alpha value is -2.64. The Bertz CT molecular complexity index is 1440. The molecular formula is C30H31Cl3N3O4Ru. The van der Waals surface area contributed by atoms with Crippen molar-refractivity contribution in [3.63, 3.8) is 0 Å². The van der Waals surface area contributed by atoms with E-state index < -0.39 is 24.9 Å². The van der Waals surface area contributed by atoms with Crippen LogP contribution in [0.5, 0.6) is 0 Å². The molecule has 219 valence electrons. The Kier molecular flexibility index (Phi) is 12.5. The summed E-state index contributed by atoms with van der Waals surface area (Å²) in [5, 5.41) is 0. The van der Waals surface area contributed by atoms with Crippen LogP contribution in [0.15, 0.2) is 72.1 Å². The molecule has 11 heteroatoms. The fraction of sp³-hybridized carbons (Fsp3) is 0.300. The monoisotopic (exact) mass is 704 g/mol. The molecule has 3 heterocycles. The number of allylic oxidation sites excluding steroid dienone is 4. The van der Waals surface area contributed by atoms with E-state index in [9.17, 15) is 9.59 Å². The minimum absolute atomic E-state index is 0.246. The molecule has 0 amide bonds. The van der Waals surface area contributed by atoms with Crippen LogP contribution in [0.2, 0.25) is 0 Å². The number of hydrogen-bond donors (Lipinski definition) is 0. The molecule has 0 fully saturated rings. The fourth-order valence-corrected chi connectivity index (χ4v) is 4.77. The predicted molar refractivity (Wildman–Crippen MR) is 160 cm³/mol. The van der Waals surface area contributed by atoms with Gasteiger partial charge in [0.15, 0.2) is 0 Å². The van der Waals surface area contributed by atoms with Gasteiger partial charge in [-0.15, -0.1) is 0 Å². The SMILES string of the molecule is CCOC(=O)c1ccnc(-c2cc(C(=O)OCC)cc(-c3ccc(C4C(C)=CC(C)=CC4C)cn3)n2)c1.[Cl][Ru]([Cl])[Cl]. The molecule has 0 aliphatic heterocycles. The second kappa shape index (κ2) is 15.6. The topological polar surface area (TPSA) is 91.3 Å². The van der Waals surface area contributed by atoms with Crippen LogP contribution in [0.4, 0.5) is 0 Å². The summed E-state index contributed by atoms with van der Waals surface area (Å²) in [6.45, 7) is 10.5. The molecule has 0 N–H and O–H groups in total. The van der Waals surface area contributed by atoms with Crippen LogP contribution in [0.25, 0.3) is 22.8 Å². The van der Waals surface area contributed by atoms with Gasteiger partial charge in [-0.2, -0.15) is 0 Å². The summed E-state index contributed by atoms with van der Waals surface area (Å²) in [6.07, 6.45) is 7.89. The predicted octanol–water partition coefficient (Wildman–Crippen LogP) is 8.25. The van der Waals surface area contributed by atoms with Crippen molar-refractivity contribution >= 4 is 41.0 Å². The first-order valence-corrected chi connectivity index (χ1v) is 19.6. The summed E-state index contributed by atoms with van der Waals surface area (Å²) in [7, 11) is 14.8. The molecule has 1 aliphatic rings. The van der Waals surface area contributed by atoms with Crippen molar-refractivity contribution in [1.29, 1.82) is 0 Å². The molecule has 1 aliphatic carbocycles. The van der Waals surface area contributed by atoms with Crippen LogP contribution in [-0.4, -0.2) is 40.1 Å². The average molecular weight is 705 g/mol. The van der Waals surface area contributed by atoms with Gasteiger partial charge in [-0.3, -0.25) is 9.97 Å². The number of aromatic nitrogens is 3. The molecule has 3 aromatic heterocycles. The van der Waals surface area contributed by atoms with Crippen LogP contribution in [0, 0.1) is 5.92 Å². The maximum absolute atomic E-state index is 12.7. The molecule has 0 saturated carbocycles. The van der Waals surface area contributed by atoms with E-state index in [1.54, 1.807) is 38.1 Å². The van der Waals surface area contributed by atoms with Gasteiger partial charge in [-0.25, -0.2) is 14.6 Å². The van der Waals surface area contributed by atoms with Gasteiger partial charge in [-0.1, -0.05) is 36.3 Å². The Morgan fingerprint density at radius 1 is 0.854 bits per heavy atom. The number of halogens is 3. The van der Waals surface area contributed by atoms with Crippen molar-refractivity contribution in [2.75, 3.05) is 13.2 Å². The van der Waals surface area contributed by atoms with Gasteiger partial charge in [0.05, 0.1) is 47.1 Å². The molecular weight excluding hydrogens is 674 g/mol. The quantitative estimate of drug-likeness (QED) is 0.181. The third-order valence-corrected chi connectivity index (χ3v) is 6.28. The van der Waals surface area contributed by atoms with Gasteiger partial charge < -0.3 is 9.47 Å². The van der Waals surface area contributed by atoms with Crippen molar-refractivity contribution in [3.8, 4) is 22.8 Å². The van der Waals surface area contributed by atoms with Crippen LogP contribution in [-0.2, 0) is 22.5 Å². The Labute approximate surface area is 258 Å². The molecule has 41 heavy (non-hydrogen) atoms. The second-order valence-electron chi connectivity index (χ2n) is 9.26. The molecule has 0 bridgehead atoms. The molecule has 2 atom stereocenters. The van der Waals surface area contributed by atoms with Crippen LogP contribution in [0.1, 0.15) is 66.8 Å². The molecule has 4 rings (SSSR count). The number of rotatable bonds is 7. The van der Waals surface area contributed by atoms with Gasteiger partial charge in [0.1, 0.15) is 0 Å². The van der Waals surface area contributed by atoms with E-state index in [1.807, 2.05) is 12.3 Å². The second-order valence-corrected chi connectivity index (χ2v) is 17.2.